The van der Waals surface area contributed by atoms with Gasteiger partial charge in [-0.25, -0.2) is 4.98 Å². The van der Waals surface area contributed by atoms with Crippen LogP contribution in [0.4, 0.5) is 5.69 Å². The first-order valence-electron chi connectivity index (χ1n) is 5.00. The number of anilines is 1. The highest BCUT2D eigenvalue weighted by atomic mass is 79.9. The molecule has 1 N–H and O–H groups in total. The van der Waals surface area contributed by atoms with Crippen LogP contribution >= 0.6 is 27.5 Å². The third kappa shape index (κ3) is 4.61. The van der Waals surface area contributed by atoms with E-state index in [4.69, 9.17) is 16.3 Å². The third-order valence-electron chi connectivity index (χ3n) is 2.22. The Bertz CT molecular complexity index is 424. The smallest absolute Gasteiger partial charge is 0.227 e. The van der Waals surface area contributed by atoms with Gasteiger partial charge in [-0.05, 0) is 35.8 Å². The maximum absolute atomic E-state index is 11.8. The first kappa shape index (κ1) is 14.4. The number of methoxy groups -OCH3 is 1. The van der Waals surface area contributed by atoms with Gasteiger partial charge in [-0.3, -0.25) is 4.79 Å². The minimum atomic E-state index is -0.504. The number of ether oxygens (including phenoxy) is 1. The molecule has 17 heavy (non-hydrogen) atoms. The largest absolute Gasteiger partial charge is 0.378 e. The highest BCUT2D eigenvalue weighted by molar-refractivity contribution is 9.10. The zero-order chi connectivity index (χ0) is 13.1. The summed E-state index contributed by atoms with van der Waals surface area (Å²) in [6.07, 6.45) is 1.81. The topological polar surface area (TPSA) is 51.2 Å². The quantitative estimate of drug-likeness (QED) is 0.866. The Balaban J connectivity index is 2.71. The van der Waals surface area contributed by atoms with Crippen LogP contribution in [0.1, 0.15) is 20.3 Å². The van der Waals surface area contributed by atoms with Gasteiger partial charge in [0.2, 0.25) is 5.91 Å². The molecular weight excluding hydrogens is 307 g/mol. The molecule has 0 radical (unpaired) electrons. The van der Waals surface area contributed by atoms with Gasteiger partial charge in [-0.1, -0.05) is 11.6 Å². The van der Waals surface area contributed by atoms with Gasteiger partial charge in [-0.2, -0.15) is 0 Å². The number of carbonyl (C=O) groups is 1. The number of nitrogens with zero attached hydrogens (tertiary/aromatic N) is 1. The van der Waals surface area contributed by atoms with E-state index in [0.717, 1.165) is 4.47 Å². The molecule has 0 atom stereocenters. The summed E-state index contributed by atoms with van der Waals surface area (Å²) in [6, 6.07) is 1.70. The molecule has 0 fully saturated rings. The van der Waals surface area contributed by atoms with Gasteiger partial charge in [0.05, 0.1) is 17.7 Å². The summed E-state index contributed by atoms with van der Waals surface area (Å²) in [4.78, 5) is 15.7. The van der Waals surface area contributed by atoms with Crippen LogP contribution in [-0.4, -0.2) is 23.6 Å². The molecular formula is C11H14BrClN2O2. The summed E-state index contributed by atoms with van der Waals surface area (Å²) in [5, 5.41) is 2.96. The summed E-state index contributed by atoms with van der Waals surface area (Å²) >= 11 is 9.13. The van der Waals surface area contributed by atoms with Crippen molar-refractivity contribution in [3.63, 3.8) is 0 Å². The zero-order valence-electron chi connectivity index (χ0n) is 9.88. The first-order valence-corrected chi connectivity index (χ1v) is 6.17. The van der Waals surface area contributed by atoms with Gasteiger partial charge in [0.15, 0.2) is 5.15 Å². The second-order valence-electron chi connectivity index (χ2n) is 4.18. The normalized spacial score (nSPS) is 11.4. The van der Waals surface area contributed by atoms with Crippen molar-refractivity contribution >= 4 is 39.1 Å². The second kappa shape index (κ2) is 5.80. The van der Waals surface area contributed by atoms with E-state index in [0.29, 0.717) is 5.69 Å². The van der Waals surface area contributed by atoms with E-state index < -0.39 is 5.60 Å². The van der Waals surface area contributed by atoms with Crippen LogP contribution in [0.2, 0.25) is 5.15 Å². The SMILES string of the molecule is COC(C)(C)CC(=O)Nc1cc(Br)cnc1Cl. The zero-order valence-corrected chi connectivity index (χ0v) is 12.2. The highest BCUT2D eigenvalue weighted by Crippen LogP contribution is 2.24. The number of nitrogens with one attached hydrogen (secondary N) is 1. The van der Waals surface area contributed by atoms with Gasteiger partial charge < -0.3 is 10.1 Å². The average Bonchev–Trinajstić information content (AvgIpc) is 2.23. The lowest BCUT2D eigenvalue weighted by atomic mass is 10.1. The van der Waals surface area contributed by atoms with Crippen molar-refractivity contribution in [1.82, 2.24) is 4.98 Å². The second-order valence-corrected chi connectivity index (χ2v) is 5.45. The van der Waals surface area contributed by atoms with Crippen molar-refractivity contribution in [2.45, 2.75) is 25.9 Å². The molecule has 1 amide bonds. The van der Waals surface area contributed by atoms with Gasteiger partial charge in [0.1, 0.15) is 0 Å². The molecule has 0 saturated heterocycles. The number of pyridine rings is 1. The molecule has 4 nitrogen and oxygen atoms in total. The summed E-state index contributed by atoms with van der Waals surface area (Å²) in [6.45, 7) is 3.68. The number of halogens is 2. The van der Waals surface area contributed by atoms with Crippen molar-refractivity contribution in [2.24, 2.45) is 0 Å². The van der Waals surface area contributed by atoms with Crippen molar-refractivity contribution in [2.75, 3.05) is 12.4 Å². The molecule has 0 saturated carbocycles. The highest BCUT2D eigenvalue weighted by Gasteiger charge is 2.21. The van der Waals surface area contributed by atoms with Crippen molar-refractivity contribution in [3.8, 4) is 0 Å². The van der Waals surface area contributed by atoms with E-state index in [9.17, 15) is 4.79 Å². The molecule has 94 valence electrons. The monoisotopic (exact) mass is 320 g/mol. The molecule has 0 aliphatic rings. The number of amides is 1. The molecule has 0 spiro atoms. The van der Waals surface area contributed by atoms with E-state index in [-0.39, 0.29) is 17.5 Å². The molecule has 0 unspecified atom stereocenters. The van der Waals surface area contributed by atoms with Crippen LogP contribution in [0.3, 0.4) is 0 Å². The fraction of sp³-hybridized carbons (Fsp3) is 0.455. The first-order chi connectivity index (χ1) is 7.84. The van der Waals surface area contributed by atoms with E-state index in [1.807, 2.05) is 13.8 Å². The Morgan fingerprint density at radius 2 is 2.29 bits per heavy atom. The summed E-state index contributed by atoms with van der Waals surface area (Å²) in [5.74, 6) is -0.168. The predicted molar refractivity (Wildman–Crippen MR) is 71.3 cm³/mol. The van der Waals surface area contributed by atoms with Gasteiger partial charge >= 0.3 is 0 Å². The predicted octanol–water partition coefficient (Wildman–Crippen LogP) is 3.25. The lowest BCUT2D eigenvalue weighted by molar-refractivity contribution is -0.121. The minimum Gasteiger partial charge on any atom is -0.378 e. The number of hydrogen-bond donors (Lipinski definition) is 1. The van der Waals surface area contributed by atoms with Crippen LogP contribution in [0.15, 0.2) is 16.7 Å². The summed E-state index contributed by atoms with van der Waals surface area (Å²) in [7, 11) is 1.57. The Hall–Kier alpha value is -0.650. The maximum Gasteiger partial charge on any atom is 0.227 e. The molecule has 0 aliphatic carbocycles. The van der Waals surface area contributed by atoms with Crippen LogP contribution in [0.25, 0.3) is 0 Å². The summed E-state index contributed by atoms with van der Waals surface area (Å²) in [5.41, 5.74) is -0.0198. The van der Waals surface area contributed by atoms with Crippen LogP contribution in [0.5, 0.6) is 0 Å². The molecule has 0 aromatic carbocycles. The van der Waals surface area contributed by atoms with Crippen LogP contribution in [-0.2, 0) is 9.53 Å². The van der Waals surface area contributed by atoms with Crippen molar-refractivity contribution in [1.29, 1.82) is 0 Å². The van der Waals surface area contributed by atoms with E-state index >= 15 is 0 Å². The summed E-state index contributed by atoms with van der Waals surface area (Å²) < 4.78 is 5.93. The number of hydrogen-bond acceptors (Lipinski definition) is 3. The number of aromatic nitrogens is 1. The van der Waals surface area contributed by atoms with Gasteiger partial charge in [0, 0.05) is 17.8 Å². The maximum atomic E-state index is 11.8. The fourth-order valence-electron chi connectivity index (χ4n) is 1.16. The van der Waals surface area contributed by atoms with E-state index in [1.54, 1.807) is 19.4 Å². The lowest BCUT2D eigenvalue weighted by Crippen LogP contribution is -2.29. The average molecular weight is 322 g/mol. The van der Waals surface area contributed by atoms with Crippen LogP contribution < -0.4 is 5.32 Å². The number of carbonyl (C=O) groups excluding carboxylic acids is 1. The molecule has 1 aromatic rings. The van der Waals surface area contributed by atoms with Crippen molar-refractivity contribution in [3.05, 3.63) is 21.9 Å². The molecule has 0 bridgehead atoms. The third-order valence-corrected chi connectivity index (χ3v) is 2.95. The molecule has 0 aliphatic heterocycles. The van der Waals surface area contributed by atoms with Gasteiger partial charge in [0.25, 0.3) is 0 Å². The molecule has 1 rings (SSSR count). The fourth-order valence-corrected chi connectivity index (χ4v) is 1.65. The molecule has 6 heteroatoms. The Morgan fingerprint density at radius 1 is 1.65 bits per heavy atom. The Labute approximate surface area is 114 Å². The van der Waals surface area contributed by atoms with Crippen LogP contribution in [0, 0.1) is 0 Å². The van der Waals surface area contributed by atoms with E-state index in [2.05, 4.69) is 26.2 Å². The standard InChI is InChI=1S/C11H14BrClN2O2/c1-11(2,17-3)5-9(16)15-8-4-7(12)6-14-10(8)13/h4,6H,5H2,1-3H3,(H,15,16). The van der Waals surface area contributed by atoms with Gasteiger partial charge in [-0.15, -0.1) is 0 Å². The lowest BCUT2D eigenvalue weighted by Gasteiger charge is -2.22. The van der Waals surface area contributed by atoms with Crippen molar-refractivity contribution < 1.29 is 9.53 Å². The Kier molecular flexibility index (Phi) is 4.91. The number of rotatable bonds is 4. The Morgan fingerprint density at radius 3 is 2.88 bits per heavy atom. The van der Waals surface area contributed by atoms with E-state index in [1.165, 1.54) is 0 Å². The molecule has 1 aromatic heterocycles. The minimum absolute atomic E-state index is 0.168. The molecule has 1 heterocycles.